The van der Waals surface area contributed by atoms with Gasteiger partial charge in [-0.05, 0) is 38.6 Å². The number of nitrogens with zero attached hydrogens (tertiary/aromatic N) is 1. The molecule has 0 bridgehead atoms. The molecular weight excluding hydrogens is 220 g/mol. The van der Waals surface area contributed by atoms with Gasteiger partial charge in [-0.1, -0.05) is 0 Å². The van der Waals surface area contributed by atoms with E-state index < -0.39 is 11.4 Å². The van der Waals surface area contributed by atoms with Gasteiger partial charge in [-0.3, -0.25) is 9.59 Å². The number of likely N-dealkylation sites (tertiary alicyclic amines) is 1. The van der Waals surface area contributed by atoms with Gasteiger partial charge in [-0.15, -0.1) is 0 Å². The predicted octanol–water partition coefficient (Wildman–Crippen LogP) is 0.309. The molecule has 1 aliphatic heterocycles. The summed E-state index contributed by atoms with van der Waals surface area (Å²) >= 11 is 0. The molecule has 1 heterocycles. The zero-order chi connectivity index (χ0) is 12.5. The number of carboxylic acid groups (broad SMARTS) is 1. The van der Waals surface area contributed by atoms with Crippen LogP contribution in [0.25, 0.3) is 0 Å². The Balaban J connectivity index is 1.74. The molecule has 1 amide bonds. The summed E-state index contributed by atoms with van der Waals surface area (Å²) in [4.78, 5) is 24.5. The van der Waals surface area contributed by atoms with Crippen molar-refractivity contribution in [3.05, 3.63) is 0 Å². The monoisotopic (exact) mass is 240 g/mol. The van der Waals surface area contributed by atoms with Gasteiger partial charge in [0.05, 0.1) is 12.0 Å². The van der Waals surface area contributed by atoms with Crippen molar-refractivity contribution in [2.24, 2.45) is 11.3 Å². The van der Waals surface area contributed by atoms with Crippen molar-refractivity contribution in [1.82, 2.24) is 10.2 Å². The van der Waals surface area contributed by atoms with E-state index in [1.54, 1.807) is 11.8 Å². The van der Waals surface area contributed by atoms with E-state index in [0.29, 0.717) is 26.1 Å². The fourth-order valence-electron chi connectivity index (χ4n) is 2.17. The SMILES string of the molecule is CC1(C(=O)O)CCN(C(=O)CNCC2CC2)C1. The summed E-state index contributed by atoms with van der Waals surface area (Å²) in [5.41, 5.74) is -0.758. The normalized spacial score (nSPS) is 28.4. The van der Waals surface area contributed by atoms with Crippen molar-refractivity contribution in [3.63, 3.8) is 0 Å². The molecule has 2 aliphatic rings. The molecule has 2 fully saturated rings. The van der Waals surface area contributed by atoms with Gasteiger partial charge in [0.2, 0.25) is 5.91 Å². The average molecular weight is 240 g/mol. The maximum Gasteiger partial charge on any atom is 0.311 e. The topological polar surface area (TPSA) is 69.6 Å². The smallest absolute Gasteiger partial charge is 0.311 e. The standard InChI is InChI=1S/C12H20N2O3/c1-12(11(16)17)4-5-14(8-12)10(15)7-13-6-9-2-3-9/h9,13H,2-8H2,1H3,(H,16,17). The van der Waals surface area contributed by atoms with Crippen LogP contribution in [-0.2, 0) is 9.59 Å². The first-order valence-electron chi connectivity index (χ1n) is 6.23. The van der Waals surface area contributed by atoms with E-state index >= 15 is 0 Å². The fourth-order valence-corrected chi connectivity index (χ4v) is 2.17. The molecule has 5 nitrogen and oxygen atoms in total. The molecule has 96 valence electrons. The molecule has 0 radical (unpaired) electrons. The second-order valence-electron chi connectivity index (χ2n) is 5.51. The quantitative estimate of drug-likeness (QED) is 0.725. The van der Waals surface area contributed by atoms with Crippen molar-refractivity contribution < 1.29 is 14.7 Å². The highest BCUT2D eigenvalue weighted by Gasteiger charge is 2.41. The molecule has 0 aromatic heterocycles. The van der Waals surface area contributed by atoms with Crippen LogP contribution in [0.5, 0.6) is 0 Å². The van der Waals surface area contributed by atoms with Gasteiger partial charge in [0, 0.05) is 13.1 Å². The highest BCUT2D eigenvalue weighted by Crippen LogP contribution is 2.30. The number of carbonyl (C=O) groups is 2. The third-order valence-electron chi connectivity index (χ3n) is 3.75. The highest BCUT2D eigenvalue weighted by molar-refractivity contribution is 5.81. The molecule has 0 aromatic rings. The molecular formula is C12H20N2O3. The van der Waals surface area contributed by atoms with Crippen LogP contribution in [0.1, 0.15) is 26.2 Å². The Morgan fingerprint density at radius 2 is 2.18 bits per heavy atom. The first-order valence-corrected chi connectivity index (χ1v) is 6.23. The molecule has 0 spiro atoms. The minimum absolute atomic E-state index is 0.0237. The second-order valence-corrected chi connectivity index (χ2v) is 5.51. The number of carbonyl (C=O) groups excluding carboxylic acids is 1. The van der Waals surface area contributed by atoms with Gasteiger partial charge >= 0.3 is 5.97 Å². The molecule has 1 atom stereocenters. The first kappa shape index (κ1) is 12.4. The summed E-state index contributed by atoms with van der Waals surface area (Å²) in [5.74, 6) is -0.0278. The van der Waals surface area contributed by atoms with Crippen molar-refractivity contribution in [3.8, 4) is 0 Å². The van der Waals surface area contributed by atoms with E-state index in [4.69, 9.17) is 5.11 Å². The molecule has 17 heavy (non-hydrogen) atoms. The summed E-state index contributed by atoms with van der Waals surface area (Å²) in [6, 6.07) is 0. The minimum Gasteiger partial charge on any atom is -0.481 e. The second kappa shape index (κ2) is 4.64. The molecule has 1 aliphatic carbocycles. The summed E-state index contributed by atoms with van der Waals surface area (Å²) in [5, 5.41) is 12.2. The molecule has 5 heteroatoms. The zero-order valence-corrected chi connectivity index (χ0v) is 10.2. The number of aliphatic carboxylic acids is 1. The van der Waals surface area contributed by atoms with Crippen LogP contribution in [0, 0.1) is 11.3 Å². The molecule has 2 rings (SSSR count). The van der Waals surface area contributed by atoms with E-state index in [1.165, 1.54) is 12.8 Å². The Morgan fingerprint density at radius 1 is 1.47 bits per heavy atom. The Bertz CT molecular complexity index is 328. The minimum atomic E-state index is -0.807. The van der Waals surface area contributed by atoms with E-state index in [-0.39, 0.29) is 5.91 Å². The lowest BCUT2D eigenvalue weighted by Gasteiger charge is -2.20. The van der Waals surface area contributed by atoms with Gasteiger partial charge in [0.25, 0.3) is 0 Å². The van der Waals surface area contributed by atoms with Crippen LogP contribution in [0.2, 0.25) is 0 Å². The number of nitrogens with one attached hydrogen (secondary N) is 1. The Kier molecular flexibility index (Phi) is 3.38. The van der Waals surface area contributed by atoms with Crippen molar-refractivity contribution in [1.29, 1.82) is 0 Å². The number of hydrogen-bond acceptors (Lipinski definition) is 3. The van der Waals surface area contributed by atoms with Crippen molar-refractivity contribution in [2.75, 3.05) is 26.2 Å². The van der Waals surface area contributed by atoms with Crippen LogP contribution in [0.15, 0.2) is 0 Å². The van der Waals surface area contributed by atoms with Gasteiger partial charge in [0.15, 0.2) is 0 Å². The van der Waals surface area contributed by atoms with Gasteiger partial charge < -0.3 is 15.3 Å². The summed E-state index contributed by atoms with van der Waals surface area (Å²) < 4.78 is 0. The van der Waals surface area contributed by atoms with Crippen LogP contribution < -0.4 is 5.32 Å². The average Bonchev–Trinajstić information content (AvgIpc) is 3.00. The lowest BCUT2D eigenvalue weighted by atomic mass is 9.90. The van der Waals surface area contributed by atoms with Crippen LogP contribution in [-0.4, -0.2) is 48.1 Å². The predicted molar refractivity (Wildman–Crippen MR) is 62.5 cm³/mol. The van der Waals surface area contributed by atoms with E-state index in [0.717, 1.165) is 12.5 Å². The molecule has 1 saturated carbocycles. The largest absolute Gasteiger partial charge is 0.481 e. The maximum absolute atomic E-state index is 11.8. The summed E-state index contributed by atoms with van der Waals surface area (Å²) in [6.07, 6.45) is 3.08. The molecule has 0 aromatic carbocycles. The van der Waals surface area contributed by atoms with Gasteiger partial charge in [-0.25, -0.2) is 0 Å². The number of rotatable bonds is 5. The molecule has 1 saturated heterocycles. The Labute approximate surface area is 101 Å². The molecule has 1 unspecified atom stereocenters. The number of hydrogen-bond donors (Lipinski definition) is 2. The fraction of sp³-hybridized carbons (Fsp3) is 0.833. The van der Waals surface area contributed by atoms with Crippen molar-refractivity contribution >= 4 is 11.9 Å². The molecule has 2 N–H and O–H groups in total. The van der Waals surface area contributed by atoms with E-state index in [2.05, 4.69) is 5.32 Å². The van der Waals surface area contributed by atoms with Crippen LogP contribution >= 0.6 is 0 Å². The van der Waals surface area contributed by atoms with Gasteiger partial charge in [0.1, 0.15) is 0 Å². The first-order chi connectivity index (χ1) is 8.01. The summed E-state index contributed by atoms with van der Waals surface area (Å²) in [7, 11) is 0. The van der Waals surface area contributed by atoms with E-state index in [1.807, 2.05) is 0 Å². The number of amides is 1. The third-order valence-corrected chi connectivity index (χ3v) is 3.75. The lowest BCUT2D eigenvalue weighted by Crippen LogP contribution is -2.39. The maximum atomic E-state index is 11.8. The van der Waals surface area contributed by atoms with E-state index in [9.17, 15) is 9.59 Å². The third kappa shape index (κ3) is 2.97. The van der Waals surface area contributed by atoms with Crippen molar-refractivity contribution in [2.45, 2.75) is 26.2 Å². The Hall–Kier alpha value is -1.10. The zero-order valence-electron chi connectivity index (χ0n) is 10.2. The van der Waals surface area contributed by atoms with Crippen LogP contribution in [0.3, 0.4) is 0 Å². The number of carboxylic acids is 1. The van der Waals surface area contributed by atoms with Crippen LogP contribution in [0.4, 0.5) is 0 Å². The lowest BCUT2D eigenvalue weighted by molar-refractivity contribution is -0.147. The highest BCUT2D eigenvalue weighted by atomic mass is 16.4. The summed E-state index contributed by atoms with van der Waals surface area (Å²) in [6.45, 7) is 3.86. The Morgan fingerprint density at radius 3 is 2.71 bits per heavy atom. The van der Waals surface area contributed by atoms with Gasteiger partial charge in [-0.2, -0.15) is 0 Å².